The Labute approximate surface area is 395 Å². The van der Waals surface area contributed by atoms with Gasteiger partial charge in [0.15, 0.2) is 0 Å². The van der Waals surface area contributed by atoms with Gasteiger partial charge in [-0.25, -0.2) is 0 Å². The molecule has 12 rings (SSSR count). The van der Waals surface area contributed by atoms with Crippen LogP contribution in [0.5, 0.6) is 0 Å². The summed E-state index contributed by atoms with van der Waals surface area (Å²) in [5.74, 6) is 0.604. The van der Waals surface area contributed by atoms with E-state index in [0.29, 0.717) is 5.84 Å². The summed E-state index contributed by atoms with van der Waals surface area (Å²) in [6, 6.07) is 58.4. The van der Waals surface area contributed by atoms with Crippen molar-refractivity contribution in [3.05, 3.63) is 252 Å². The maximum absolute atomic E-state index is 6.78. The summed E-state index contributed by atoms with van der Waals surface area (Å²) in [6.45, 7) is 9.49. The number of hydrogen-bond donors (Lipinski definition) is 3. The lowest BCUT2D eigenvalue weighted by molar-refractivity contribution is 0.797. The number of rotatable bonds is 7. The number of allylic oxidation sites excluding steroid dienone is 8. The Bertz CT molecular complexity index is 3380. The summed E-state index contributed by atoms with van der Waals surface area (Å²) in [5, 5.41) is 7.83. The molecule has 4 heteroatoms. The molecular weight excluding hydrogens is 813 g/mol. The van der Waals surface area contributed by atoms with Gasteiger partial charge in [0.05, 0.1) is 5.41 Å². The van der Waals surface area contributed by atoms with E-state index in [0.717, 1.165) is 40.6 Å². The first-order valence-corrected chi connectivity index (χ1v) is 23.6. The molecular formula is C63H58N4. The number of hydrogen-bond acceptors (Lipinski definition) is 2. The molecule has 330 valence electrons. The molecule has 1 unspecified atom stereocenters. The van der Waals surface area contributed by atoms with E-state index in [9.17, 15) is 0 Å². The molecule has 0 saturated carbocycles. The average molecular weight is 871 g/mol. The number of para-hydroxylation sites is 1. The van der Waals surface area contributed by atoms with E-state index in [1.54, 1.807) is 6.08 Å². The maximum Gasteiger partial charge on any atom is 0.122 e. The van der Waals surface area contributed by atoms with Crippen molar-refractivity contribution in [3.8, 4) is 22.3 Å². The van der Waals surface area contributed by atoms with Crippen molar-refractivity contribution in [2.24, 2.45) is 16.5 Å². The number of fused-ring (bicyclic) bond motifs is 10. The van der Waals surface area contributed by atoms with E-state index in [4.69, 9.17) is 10.7 Å². The van der Waals surface area contributed by atoms with Gasteiger partial charge in [-0.1, -0.05) is 209 Å². The van der Waals surface area contributed by atoms with Gasteiger partial charge in [-0.05, 0) is 128 Å². The average Bonchev–Trinajstić information content (AvgIpc) is 4.03. The summed E-state index contributed by atoms with van der Waals surface area (Å²) in [6.07, 6.45) is 17.8. The second kappa shape index (κ2) is 19.4. The van der Waals surface area contributed by atoms with Crippen LogP contribution in [-0.2, 0) is 5.41 Å². The Morgan fingerprint density at radius 3 is 1.97 bits per heavy atom. The number of aromatic amines is 1. The fraction of sp³-hybridized carbons (Fsp3) is 0.127. The quantitative estimate of drug-likeness (QED) is 0.0645. The second-order valence-electron chi connectivity index (χ2n) is 16.7. The van der Waals surface area contributed by atoms with Gasteiger partial charge in [0, 0.05) is 21.8 Å². The van der Waals surface area contributed by atoms with Crippen LogP contribution in [-0.4, -0.2) is 17.9 Å². The van der Waals surface area contributed by atoms with Crippen molar-refractivity contribution in [1.29, 1.82) is 0 Å². The molecule has 0 radical (unpaired) electrons. The highest BCUT2D eigenvalue weighted by atomic mass is 14.9. The van der Waals surface area contributed by atoms with Crippen LogP contribution in [0.15, 0.2) is 223 Å². The summed E-state index contributed by atoms with van der Waals surface area (Å²) in [5.41, 5.74) is 27.0. The van der Waals surface area contributed by atoms with E-state index in [1.165, 1.54) is 83.9 Å². The van der Waals surface area contributed by atoms with Crippen LogP contribution in [0.3, 0.4) is 0 Å². The number of aliphatic imine (C=N–C) groups is 1. The van der Waals surface area contributed by atoms with Crippen molar-refractivity contribution >= 4 is 49.2 Å². The largest absolute Gasteiger partial charge is 0.384 e. The number of benzene rings is 8. The topological polar surface area (TPSA) is 80.2 Å². The summed E-state index contributed by atoms with van der Waals surface area (Å²) < 4.78 is 0. The molecule has 8 aromatic carbocycles. The van der Waals surface area contributed by atoms with Gasteiger partial charge < -0.3 is 16.5 Å². The SMILES string of the molecule is C=C/C=C\C=C/C.CC.CN.NC(=NC(c1ccc(-c2ccc3c(c2)-c2ccccc2C32c3cccc4ccc5cccc2c5c34)cc1)c1ccc2c(c1)[nH]c1ccccc12)C1=CC=CCC1. The molecule has 5 N–H and O–H groups in total. The Morgan fingerprint density at radius 2 is 1.27 bits per heavy atom. The molecule has 1 aromatic heterocycles. The first-order valence-electron chi connectivity index (χ1n) is 23.6. The monoisotopic (exact) mass is 870 g/mol. The fourth-order valence-corrected chi connectivity index (χ4v) is 10.5. The lowest BCUT2D eigenvalue weighted by Crippen LogP contribution is -2.26. The van der Waals surface area contributed by atoms with Gasteiger partial charge in [-0.15, -0.1) is 0 Å². The second-order valence-corrected chi connectivity index (χ2v) is 16.7. The zero-order chi connectivity index (χ0) is 46.5. The standard InChI is InChI=1S/C53H37N3.C7H10.C2H6.CH5N/c54-52(36-10-2-1-3-11-36)56-51(38-26-28-41-40-15-5-7-19-47(40)55-48(41)31-38)35-24-20-32(21-25-35)37-27-29-44-42(30-37)39-14-4-6-16-43(39)53(44)45-17-8-12-33-22-23-34-13-9-18-46(53)50(34)49(33)45;1-3-5-7-6-4-2;2*1-2/h1-2,4-10,12-31,51,55H,3,11H2,(H2,54,56);3-7H,1H2,2H3;1-2H3;2H2,1H3/b;6-4-,7-5-;;. The Morgan fingerprint density at radius 1 is 0.627 bits per heavy atom. The number of nitrogens with one attached hydrogen (secondary N) is 1. The van der Waals surface area contributed by atoms with E-state index in [-0.39, 0.29) is 11.5 Å². The Kier molecular flexibility index (Phi) is 12.8. The van der Waals surface area contributed by atoms with Gasteiger partial charge in [-0.2, -0.15) is 0 Å². The molecule has 0 aliphatic heterocycles. The van der Waals surface area contributed by atoms with Gasteiger partial charge in [0.1, 0.15) is 11.9 Å². The minimum absolute atomic E-state index is 0.257. The van der Waals surface area contributed by atoms with Crippen LogP contribution in [0, 0.1) is 0 Å². The molecule has 9 aromatic rings. The minimum atomic E-state index is -0.349. The lowest BCUT2D eigenvalue weighted by Gasteiger charge is -2.30. The third-order valence-electron chi connectivity index (χ3n) is 13.3. The first-order chi connectivity index (χ1) is 33.1. The highest BCUT2D eigenvalue weighted by Gasteiger charge is 2.50. The van der Waals surface area contributed by atoms with Crippen molar-refractivity contribution in [1.82, 2.24) is 4.98 Å². The van der Waals surface area contributed by atoms with E-state index < -0.39 is 0 Å². The molecule has 0 bridgehead atoms. The predicted molar refractivity (Wildman–Crippen MR) is 289 cm³/mol. The predicted octanol–water partition coefficient (Wildman–Crippen LogP) is 15.6. The highest BCUT2D eigenvalue weighted by molar-refractivity contribution is 6.17. The molecule has 1 spiro atoms. The lowest BCUT2D eigenvalue weighted by atomic mass is 9.70. The number of H-pyrrole nitrogens is 1. The van der Waals surface area contributed by atoms with Crippen LogP contribution < -0.4 is 11.5 Å². The maximum atomic E-state index is 6.78. The molecule has 1 heterocycles. The van der Waals surface area contributed by atoms with E-state index in [1.807, 2.05) is 45.1 Å². The van der Waals surface area contributed by atoms with E-state index in [2.05, 4.69) is 193 Å². The van der Waals surface area contributed by atoms with Crippen LogP contribution in [0.25, 0.3) is 65.6 Å². The van der Waals surface area contributed by atoms with Crippen LogP contribution in [0.1, 0.15) is 73.0 Å². The molecule has 67 heavy (non-hydrogen) atoms. The molecule has 0 amide bonds. The number of aromatic nitrogens is 1. The summed E-state index contributed by atoms with van der Waals surface area (Å²) >= 11 is 0. The van der Waals surface area contributed by atoms with Gasteiger partial charge in [0.2, 0.25) is 0 Å². The normalized spacial score (nSPS) is 14.4. The minimum Gasteiger partial charge on any atom is -0.384 e. The number of amidine groups is 1. The fourth-order valence-electron chi connectivity index (χ4n) is 10.5. The smallest absolute Gasteiger partial charge is 0.122 e. The highest BCUT2D eigenvalue weighted by Crippen LogP contribution is 2.62. The molecule has 4 nitrogen and oxygen atoms in total. The third kappa shape index (κ3) is 7.63. The van der Waals surface area contributed by atoms with Crippen molar-refractivity contribution in [3.63, 3.8) is 0 Å². The van der Waals surface area contributed by atoms with Crippen molar-refractivity contribution in [2.45, 2.75) is 45.1 Å². The zero-order valence-corrected chi connectivity index (χ0v) is 38.9. The van der Waals surface area contributed by atoms with Gasteiger partial charge in [0.25, 0.3) is 0 Å². The van der Waals surface area contributed by atoms with Crippen LogP contribution in [0.4, 0.5) is 0 Å². The van der Waals surface area contributed by atoms with Crippen molar-refractivity contribution in [2.75, 3.05) is 7.05 Å². The number of nitrogens with two attached hydrogens (primary N) is 2. The molecule has 1 atom stereocenters. The van der Waals surface area contributed by atoms with Crippen molar-refractivity contribution < 1.29 is 0 Å². The molecule has 0 saturated heterocycles. The Balaban J connectivity index is 0.000000467. The van der Waals surface area contributed by atoms with Crippen LogP contribution in [0.2, 0.25) is 0 Å². The first kappa shape index (κ1) is 44.4. The summed E-state index contributed by atoms with van der Waals surface area (Å²) in [4.78, 5) is 8.88. The molecule has 0 fully saturated rings. The summed E-state index contributed by atoms with van der Waals surface area (Å²) in [7, 11) is 1.50. The number of nitrogens with zero attached hydrogens (tertiary/aromatic N) is 1. The van der Waals surface area contributed by atoms with Crippen LogP contribution >= 0.6 is 0 Å². The molecule has 3 aliphatic carbocycles. The third-order valence-corrected chi connectivity index (χ3v) is 13.3. The Hall–Kier alpha value is -7.79. The van der Waals surface area contributed by atoms with Gasteiger partial charge >= 0.3 is 0 Å². The van der Waals surface area contributed by atoms with E-state index >= 15 is 0 Å². The zero-order valence-electron chi connectivity index (χ0n) is 38.9. The molecule has 3 aliphatic rings. The van der Waals surface area contributed by atoms with Gasteiger partial charge in [-0.3, -0.25) is 4.99 Å².